The van der Waals surface area contributed by atoms with Crippen LogP contribution in [-0.2, 0) is 11.3 Å². The third-order valence-electron chi connectivity index (χ3n) is 7.55. The number of carbonyl (C=O) groups excluding carboxylic acids is 1. The Kier molecular flexibility index (Phi) is 4.76. The van der Waals surface area contributed by atoms with Gasteiger partial charge >= 0.3 is 0 Å². The van der Waals surface area contributed by atoms with Gasteiger partial charge in [0.25, 0.3) is 0 Å². The average molecular weight is 462 g/mol. The van der Waals surface area contributed by atoms with Crippen molar-refractivity contribution in [2.45, 2.75) is 25.8 Å². The van der Waals surface area contributed by atoms with Crippen LogP contribution in [0.2, 0.25) is 0 Å². The van der Waals surface area contributed by atoms with Crippen LogP contribution in [0, 0.1) is 11.8 Å². The zero-order valence-electron chi connectivity index (χ0n) is 19.6. The molecule has 1 atom stereocenters. The number of likely N-dealkylation sites (tertiary alicyclic amines) is 1. The number of hydrogen-bond acceptors (Lipinski definition) is 3. The molecule has 3 heterocycles. The maximum Gasteiger partial charge on any atom is 0.225 e. The van der Waals surface area contributed by atoms with Gasteiger partial charge in [-0.2, -0.15) is 0 Å². The highest BCUT2D eigenvalue weighted by molar-refractivity contribution is 5.85. The molecule has 5 nitrogen and oxygen atoms in total. The maximum atomic E-state index is 12.6. The van der Waals surface area contributed by atoms with Gasteiger partial charge in [-0.25, -0.2) is 4.98 Å². The summed E-state index contributed by atoms with van der Waals surface area (Å²) in [4.78, 5) is 19.7. The minimum Gasteiger partial charge on any atom is -0.464 e. The highest BCUT2D eigenvalue weighted by Gasteiger charge is 2.36. The molecule has 35 heavy (non-hydrogen) atoms. The molecule has 2 aromatic heterocycles. The summed E-state index contributed by atoms with van der Waals surface area (Å²) in [6.07, 6.45) is 4.93. The summed E-state index contributed by atoms with van der Waals surface area (Å²) in [7, 11) is 0. The van der Waals surface area contributed by atoms with E-state index in [0.717, 1.165) is 72.3 Å². The number of carbonyl (C=O) groups is 1. The van der Waals surface area contributed by atoms with Gasteiger partial charge in [-0.15, -0.1) is 0 Å². The minimum absolute atomic E-state index is 0.297. The third-order valence-corrected chi connectivity index (χ3v) is 7.55. The molecule has 7 rings (SSSR count). The Morgan fingerprint density at radius 1 is 0.914 bits per heavy atom. The summed E-state index contributed by atoms with van der Waals surface area (Å²) < 4.78 is 7.84. The minimum atomic E-state index is 0.297. The van der Waals surface area contributed by atoms with Crippen LogP contribution in [0.5, 0.6) is 0 Å². The molecule has 0 unspecified atom stereocenters. The van der Waals surface area contributed by atoms with Crippen molar-refractivity contribution < 1.29 is 9.21 Å². The molecule has 3 aromatic carbocycles. The number of hydrogen-bond donors (Lipinski definition) is 0. The van der Waals surface area contributed by atoms with E-state index in [1.807, 2.05) is 18.2 Å². The van der Waals surface area contributed by atoms with Gasteiger partial charge in [-0.3, -0.25) is 4.79 Å². The fourth-order valence-electron chi connectivity index (χ4n) is 5.47. The molecule has 1 saturated carbocycles. The number of nitrogens with zero attached hydrogens (tertiary/aromatic N) is 3. The van der Waals surface area contributed by atoms with E-state index >= 15 is 0 Å². The van der Waals surface area contributed by atoms with Crippen molar-refractivity contribution in [2.75, 3.05) is 13.1 Å². The average Bonchev–Trinajstić information content (AvgIpc) is 3.30. The molecule has 2 fully saturated rings. The van der Waals surface area contributed by atoms with Crippen molar-refractivity contribution in [3.05, 3.63) is 79.1 Å². The van der Waals surface area contributed by atoms with E-state index in [1.165, 1.54) is 11.1 Å². The van der Waals surface area contributed by atoms with E-state index < -0.39 is 0 Å². The molecule has 5 aromatic rings. The number of aromatic nitrogens is 2. The standard InChI is InChI=1S/C30H27N3O2/c34-30(23-9-10-23)32-15-13-20(18-32)19-33-27-4-2-1-3-26(27)31-29(33)22-7-5-21(6-8-22)24-11-12-28-25(17-24)14-16-35-28/h1-8,11-12,14,16-17,20,23H,9-10,13,15,18-19H2/t20-/m0/s1. The summed E-state index contributed by atoms with van der Waals surface area (Å²) in [5.41, 5.74) is 6.53. The lowest BCUT2D eigenvalue weighted by Gasteiger charge is -2.18. The largest absolute Gasteiger partial charge is 0.464 e. The predicted octanol–water partition coefficient (Wildman–Crippen LogP) is 6.38. The van der Waals surface area contributed by atoms with Gasteiger partial charge in [0, 0.05) is 36.5 Å². The van der Waals surface area contributed by atoms with Crippen molar-refractivity contribution in [1.82, 2.24) is 14.5 Å². The van der Waals surface area contributed by atoms with Crippen LogP contribution in [0.4, 0.5) is 0 Å². The van der Waals surface area contributed by atoms with Gasteiger partial charge in [0.2, 0.25) is 5.91 Å². The Labute approximate surface area is 204 Å². The van der Waals surface area contributed by atoms with Gasteiger partial charge in [-0.05, 0) is 66.6 Å². The summed E-state index contributed by atoms with van der Waals surface area (Å²) in [5, 5.41) is 1.11. The first-order valence-electron chi connectivity index (χ1n) is 12.5. The summed E-state index contributed by atoms with van der Waals surface area (Å²) >= 11 is 0. The molecule has 0 spiro atoms. The molecule has 5 heteroatoms. The zero-order chi connectivity index (χ0) is 23.4. The number of benzene rings is 3. The summed E-state index contributed by atoms with van der Waals surface area (Å²) in [5.74, 6) is 2.11. The van der Waals surface area contributed by atoms with E-state index in [4.69, 9.17) is 9.40 Å². The van der Waals surface area contributed by atoms with Crippen LogP contribution in [0.3, 0.4) is 0 Å². The van der Waals surface area contributed by atoms with Crippen LogP contribution < -0.4 is 0 Å². The van der Waals surface area contributed by atoms with Crippen LogP contribution in [0.15, 0.2) is 83.5 Å². The van der Waals surface area contributed by atoms with Gasteiger partial charge in [0.1, 0.15) is 11.4 Å². The Balaban J connectivity index is 1.19. The highest BCUT2D eigenvalue weighted by Crippen LogP contribution is 2.34. The second-order valence-electron chi connectivity index (χ2n) is 10.00. The van der Waals surface area contributed by atoms with Crippen LogP contribution in [0.1, 0.15) is 19.3 Å². The number of rotatable bonds is 5. The Bertz CT molecular complexity index is 1540. The summed E-state index contributed by atoms with van der Waals surface area (Å²) in [6.45, 7) is 2.62. The van der Waals surface area contributed by atoms with E-state index in [1.54, 1.807) is 6.26 Å². The van der Waals surface area contributed by atoms with E-state index in [9.17, 15) is 4.79 Å². The summed E-state index contributed by atoms with van der Waals surface area (Å²) in [6, 6.07) is 25.3. The van der Waals surface area contributed by atoms with E-state index in [0.29, 0.717) is 17.7 Å². The van der Waals surface area contributed by atoms with Crippen molar-refractivity contribution in [2.24, 2.45) is 11.8 Å². The smallest absolute Gasteiger partial charge is 0.225 e. The van der Waals surface area contributed by atoms with Crippen LogP contribution in [-0.4, -0.2) is 33.4 Å². The molecule has 2 aliphatic rings. The molecule has 1 aliphatic heterocycles. The fourth-order valence-corrected chi connectivity index (χ4v) is 5.47. The second kappa shape index (κ2) is 8.12. The Hall–Kier alpha value is -3.86. The lowest BCUT2D eigenvalue weighted by atomic mass is 10.0. The van der Waals surface area contributed by atoms with Crippen LogP contribution >= 0.6 is 0 Å². The molecule has 0 N–H and O–H groups in total. The first kappa shape index (κ1) is 20.5. The quantitative estimate of drug-likeness (QED) is 0.305. The predicted molar refractivity (Wildman–Crippen MR) is 138 cm³/mol. The van der Waals surface area contributed by atoms with Crippen molar-refractivity contribution in [3.8, 4) is 22.5 Å². The number of imidazole rings is 1. The Morgan fingerprint density at radius 3 is 2.57 bits per heavy atom. The molecule has 1 amide bonds. The molecule has 0 radical (unpaired) electrons. The normalized spacial score (nSPS) is 18.1. The second-order valence-corrected chi connectivity index (χ2v) is 10.00. The molecule has 174 valence electrons. The van der Waals surface area contributed by atoms with Crippen molar-refractivity contribution >= 4 is 27.9 Å². The first-order chi connectivity index (χ1) is 17.2. The first-order valence-corrected chi connectivity index (χ1v) is 12.5. The molecule has 1 saturated heterocycles. The fraction of sp³-hybridized carbons (Fsp3) is 0.267. The molecular weight excluding hydrogens is 434 g/mol. The number of amides is 1. The number of furan rings is 1. The molecular formula is C30H27N3O2. The maximum absolute atomic E-state index is 12.6. The van der Waals surface area contributed by atoms with Gasteiger partial charge in [0.15, 0.2) is 0 Å². The zero-order valence-corrected chi connectivity index (χ0v) is 19.6. The van der Waals surface area contributed by atoms with E-state index in [-0.39, 0.29) is 0 Å². The SMILES string of the molecule is O=C(C1CC1)N1CC[C@H](Cn2c(-c3ccc(-c4ccc5occc5c4)cc3)nc3ccccc32)C1. The monoisotopic (exact) mass is 461 g/mol. The van der Waals surface area contributed by atoms with Crippen molar-refractivity contribution in [3.63, 3.8) is 0 Å². The third kappa shape index (κ3) is 3.72. The van der Waals surface area contributed by atoms with Gasteiger partial charge < -0.3 is 13.9 Å². The molecule has 0 bridgehead atoms. The van der Waals surface area contributed by atoms with Crippen molar-refractivity contribution in [1.29, 1.82) is 0 Å². The topological polar surface area (TPSA) is 51.3 Å². The highest BCUT2D eigenvalue weighted by atomic mass is 16.3. The van der Waals surface area contributed by atoms with Gasteiger partial charge in [-0.1, -0.05) is 42.5 Å². The lowest BCUT2D eigenvalue weighted by molar-refractivity contribution is -0.131. The number of fused-ring (bicyclic) bond motifs is 2. The number of para-hydroxylation sites is 2. The Morgan fingerprint density at radius 2 is 1.71 bits per heavy atom. The lowest BCUT2D eigenvalue weighted by Crippen LogP contribution is -2.30. The molecule has 1 aliphatic carbocycles. The van der Waals surface area contributed by atoms with E-state index in [2.05, 4.69) is 64.1 Å². The van der Waals surface area contributed by atoms with Gasteiger partial charge in [0.05, 0.1) is 17.3 Å². The van der Waals surface area contributed by atoms with Crippen LogP contribution in [0.25, 0.3) is 44.5 Å².